The van der Waals surface area contributed by atoms with Gasteiger partial charge >= 0.3 is 0 Å². The first kappa shape index (κ1) is 15.3. The van der Waals surface area contributed by atoms with Gasteiger partial charge in [-0.15, -0.1) is 5.10 Å². The van der Waals surface area contributed by atoms with Gasteiger partial charge in [0, 0.05) is 30.8 Å². The fourth-order valence-corrected chi connectivity index (χ4v) is 4.07. The first-order valence-electron chi connectivity index (χ1n) is 8.28. The van der Waals surface area contributed by atoms with Crippen LogP contribution in [0.15, 0.2) is 41.2 Å². The highest BCUT2D eigenvalue weighted by molar-refractivity contribution is 7.20. The van der Waals surface area contributed by atoms with Crippen molar-refractivity contribution in [3.8, 4) is 0 Å². The van der Waals surface area contributed by atoms with Crippen molar-refractivity contribution in [1.82, 2.24) is 14.6 Å². The van der Waals surface area contributed by atoms with Crippen molar-refractivity contribution in [3.05, 3.63) is 58.0 Å². The lowest BCUT2D eigenvalue weighted by Gasteiger charge is -2.23. The fourth-order valence-electron chi connectivity index (χ4n) is 3.18. The van der Waals surface area contributed by atoms with E-state index in [0.29, 0.717) is 4.96 Å². The zero-order valence-electron chi connectivity index (χ0n) is 13.9. The minimum atomic E-state index is -0.100. The van der Waals surface area contributed by atoms with E-state index in [9.17, 15) is 4.79 Å². The molecule has 0 unspecified atom stereocenters. The van der Waals surface area contributed by atoms with Crippen molar-refractivity contribution in [2.24, 2.45) is 0 Å². The number of fused-ring (bicyclic) bond motifs is 1. The second-order valence-corrected chi connectivity index (χ2v) is 7.46. The largest absolute Gasteiger partial charge is 0.349 e. The van der Waals surface area contributed by atoms with Crippen LogP contribution in [0.4, 0.5) is 5.13 Å². The lowest BCUT2D eigenvalue weighted by Crippen LogP contribution is -2.29. The summed E-state index contributed by atoms with van der Waals surface area (Å²) in [4.78, 5) is 19.5. The van der Waals surface area contributed by atoms with Crippen LogP contribution in [0, 0.1) is 0 Å². The summed E-state index contributed by atoms with van der Waals surface area (Å²) in [5.74, 6) is 0. The molecule has 6 heteroatoms. The first-order valence-corrected chi connectivity index (χ1v) is 9.09. The topological polar surface area (TPSA) is 50.5 Å². The normalized spacial score (nSPS) is 15.6. The van der Waals surface area contributed by atoms with Crippen LogP contribution in [0.1, 0.15) is 31.0 Å². The maximum absolute atomic E-state index is 12.2. The zero-order valence-corrected chi connectivity index (χ0v) is 14.7. The lowest BCUT2D eigenvalue weighted by molar-refractivity contribution is 0.668. The minimum absolute atomic E-state index is 0.100. The Kier molecular flexibility index (Phi) is 3.64. The predicted molar refractivity (Wildman–Crippen MR) is 97.1 cm³/mol. The third kappa shape index (κ3) is 2.60. The SMILES string of the molecule is CCc1cc(=O)n2nc(N(C)CC3(c4ccccc4)CC3)sc2n1. The Bertz CT molecular complexity index is 927. The number of benzene rings is 1. The number of aryl methyl sites for hydroxylation is 1. The van der Waals surface area contributed by atoms with E-state index < -0.39 is 0 Å². The number of aromatic nitrogens is 3. The van der Waals surface area contributed by atoms with Crippen molar-refractivity contribution in [3.63, 3.8) is 0 Å². The summed E-state index contributed by atoms with van der Waals surface area (Å²) < 4.78 is 1.41. The predicted octanol–water partition coefficient (Wildman–Crippen LogP) is 2.88. The van der Waals surface area contributed by atoms with E-state index in [1.807, 2.05) is 14.0 Å². The second kappa shape index (κ2) is 5.70. The quantitative estimate of drug-likeness (QED) is 0.717. The molecule has 1 aliphatic rings. The Labute approximate surface area is 144 Å². The molecule has 0 saturated heterocycles. The number of rotatable bonds is 5. The van der Waals surface area contributed by atoms with Crippen LogP contribution in [0.5, 0.6) is 0 Å². The van der Waals surface area contributed by atoms with Crippen molar-refractivity contribution in [2.45, 2.75) is 31.6 Å². The Morgan fingerprint density at radius 3 is 2.71 bits per heavy atom. The zero-order chi connectivity index (χ0) is 16.7. The van der Waals surface area contributed by atoms with Crippen LogP contribution >= 0.6 is 11.3 Å². The van der Waals surface area contributed by atoms with E-state index in [0.717, 1.165) is 23.8 Å². The van der Waals surface area contributed by atoms with Crippen LogP contribution < -0.4 is 10.5 Å². The Balaban J connectivity index is 1.63. The van der Waals surface area contributed by atoms with E-state index in [-0.39, 0.29) is 11.0 Å². The molecule has 0 bridgehead atoms. The van der Waals surface area contributed by atoms with Gasteiger partial charge in [-0.2, -0.15) is 4.52 Å². The number of nitrogens with zero attached hydrogens (tertiary/aromatic N) is 4. The molecule has 5 nitrogen and oxygen atoms in total. The first-order chi connectivity index (χ1) is 11.6. The number of likely N-dealkylation sites (N-methyl/N-ethyl adjacent to an activating group) is 1. The smallest absolute Gasteiger partial charge is 0.275 e. The molecule has 2 aromatic heterocycles. The van der Waals surface area contributed by atoms with E-state index in [2.05, 4.69) is 45.3 Å². The fraction of sp³-hybridized carbons (Fsp3) is 0.389. The average Bonchev–Trinajstić information content (AvgIpc) is 3.24. The summed E-state index contributed by atoms with van der Waals surface area (Å²) >= 11 is 1.48. The standard InChI is InChI=1S/C18H20N4OS/c1-3-14-11-15(23)22-16(19-14)24-17(20-22)21(2)12-18(9-10-18)13-7-5-4-6-8-13/h4-8,11H,3,9-10,12H2,1-2H3. The Hall–Kier alpha value is -2.21. The molecule has 1 aromatic carbocycles. The summed E-state index contributed by atoms with van der Waals surface area (Å²) in [5.41, 5.74) is 2.33. The molecule has 2 heterocycles. The van der Waals surface area contributed by atoms with Crippen LogP contribution in [0.2, 0.25) is 0 Å². The van der Waals surface area contributed by atoms with Crippen LogP contribution in [0.3, 0.4) is 0 Å². The number of hydrogen-bond donors (Lipinski definition) is 0. The van der Waals surface area contributed by atoms with Gasteiger partial charge < -0.3 is 4.90 Å². The molecule has 1 saturated carbocycles. The molecule has 3 aromatic rings. The van der Waals surface area contributed by atoms with Gasteiger partial charge in [0.05, 0.1) is 0 Å². The maximum atomic E-state index is 12.2. The maximum Gasteiger partial charge on any atom is 0.275 e. The van der Waals surface area contributed by atoms with Gasteiger partial charge in [0.2, 0.25) is 10.1 Å². The summed E-state index contributed by atoms with van der Waals surface area (Å²) in [5, 5.41) is 5.32. The van der Waals surface area contributed by atoms with E-state index in [4.69, 9.17) is 0 Å². The molecule has 1 fully saturated rings. The molecule has 124 valence electrons. The van der Waals surface area contributed by atoms with Crippen molar-refractivity contribution in [1.29, 1.82) is 0 Å². The third-order valence-corrected chi connectivity index (χ3v) is 5.78. The van der Waals surface area contributed by atoms with Gasteiger partial charge in [-0.1, -0.05) is 48.6 Å². The van der Waals surface area contributed by atoms with Gasteiger partial charge in [0.15, 0.2) is 0 Å². The lowest BCUT2D eigenvalue weighted by atomic mass is 9.96. The Morgan fingerprint density at radius 1 is 1.29 bits per heavy atom. The highest BCUT2D eigenvalue weighted by Gasteiger charge is 2.45. The molecular formula is C18H20N4OS. The number of hydrogen-bond acceptors (Lipinski definition) is 5. The van der Waals surface area contributed by atoms with E-state index >= 15 is 0 Å². The van der Waals surface area contributed by atoms with Crippen LogP contribution in [0.25, 0.3) is 4.96 Å². The van der Waals surface area contributed by atoms with Crippen molar-refractivity contribution < 1.29 is 0 Å². The second-order valence-electron chi connectivity index (χ2n) is 6.52. The van der Waals surface area contributed by atoms with Gasteiger partial charge in [0.25, 0.3) is 5.56 Å². The minimum Gasteiger partial charge on any atom is -0.349 e. The molecule has 0 atom stereocenters. The average molecular weight is 340 g/mol. The van der Waals surface area contributed by atoms with Crippen LogP contribution in [-0.2, 0) is 11.8 Å². The van der Waals surface area contributed by atoms with Crippen LogP contribution in [-0.4, -0.2) is 28.2 Å². The summed E-state index contributed by atoms with van der Waals surface area (Å²) in [7, 11) is 2.05. The molecule has 4 rings (SSSR count). The summed E-state index contributed by atoms with van der Waals surface area (Å²) in [6.07, 6.45) is 3.15. The molecule has 0 amide bonds. The molecule has 1 aliphatic carbocycles. The van der Waals surface area contributed by atoms with Crippen molar-refractivity contribution in [2.75, 3.05) is 18.5 Å². The third-order valence-electron chi connectivity index (χ3n) is 4.76. The number of anilines is 1. The monoisotopic (exact) mass is 340 g/mol. The van der Waals surface area contributed by atoms with E-state index in [1.165, 1.54) is 34.3 Å². The highest BCUT2D eigenvalue weighted by atomic mass is 32.1. The molecule has 0 N–H and O–H groups in total. The van der Waals surface area contributed by atoms with Gasteiger partial charge in [-0.05, 0) is 24.8 Å². The van der Waals surface area contributed by atoms with Crippen molar-refractivity contribution >= 4 is 21.4 Å². The highest BCUT2D eigenvalue weighted by Crippen LogP contribution is 2.49. The molecule has 24 heavy (non-hydrogen) atoms. The van der Waals surface area contributed by atoms with Gasteiger partial charge in [0.1, 0.15) is 0 Å². The summed E-state index contributed by atoms with van der Waals surface area (Å²) in [6, 6.07) is 12.2. The molecular weight excluding hydrogens is 320 g/mol. The van der Waals surface area contributed by atoms with Gasteiger partial charge in [-0.3, -0.25) is 4.79 Å². The van der Waals surface area contributed by atoms with Gasteiger partial charge in [-0.25, -0.2) is 4.98 Å². The van der Waals surface area contributed by atoms with E-state index in [1.54, 1.807) is 6.07 Å². The Morgan fingerprint density at radius 2 is 2.04 bits per heavy atom. The summed E-state index contributed by atoms with van der Waals surface area (Å²) in [6.45, 7) is 2.91. The molecule has 0 spiro atoms. The molecule has 0 radical (unpaired) electrons. The molecule has 0 aliphatic heterocycles.